The normalized spacial score (nSPS) is 20.3. The average molecular weight is 473 g/mol. The van der Waals surface area contributed by atoms with E-state index in [1.54, 1.807) is 18.9 Å². The van der Waals surface area contributed by atoms with Crippen molar-refractivity contribution in [2.75, 3.05) is 44.7 Å². The summed E-state index contributed by atoms with van der Waals surface area (Å²) < 4.78 is 5.46. The van der Waals surface area contributed by atoms with Crippen LogP contribution in [0.15, 0.2) is 66.7 Å². The number of piperazine rings is 1. The van der Waals surface area contributed by atoms with Gasteiger partial charge in [0, 0.05) is 26.2 Å². The van der Waals surface area contributed by atoms with Crippen molar-refractivity contribution in [2.24, 2.45) is 0 Å². The first-order chi connectivity index (χ1) is 16.9. The first-order valence-corrected chi connectivity index (χ1v) is 11.7. The lowest BCUT2D eigenvalue weighted by Gasteiger charge is -2.37. The molecule has 2 aliphatic heterocycles. The van der Waals surface area contributed by atoms with E-state index in [4.69, 9.17) is 4.74 Å². The van der Waals surface area contributed by atoms with E-state index in [0.717, 1.165) is 27.1 Å². The molecular weight excluding hydrogens is 444 g/mol. The van der Waals surface area contributed by atoms with Crippen molar-refractivity contribution < 1.29 is 19.1 Å². The molecule has 0 saturated carbocycles. The molecule has 0 aromatic heterocycles. The number of nitrogens with one attached hydrogen (secondary N) is 1. The number of hydrogen-bond donors (Lipinski definition) is 1. The monoisotopic (exact) mass is 472 g/mol. The molecule has 2 heterocycles. The maximum Gasteiger partial charge on any atom is 0.325 e. The number of nitrogens with zero attached hydrogens (tertiary/aromatic N) is 3. The van der Waals surface area contributed by atoms with Gasteiger partial charge in [-0.3, -0.25) is 14.5 Å². The van der Waals surface area contributed by atoms with Gasteiger partial charge in [0.05, 0.1) is 12.8 Å². The Morgan fingerprint density at radius 3 is 2.40 bits per heavy atom. The van der Waals surface area contributed by atoms with E-state index >= 15 is 0 Å². The largest absolute Gasteiger partial charge is 0.495 e. The summed E-state index contributed by atoms with van der Waals surface area (Å²) in [6, 6.07) is 20.7. The quantitative estimate of drug-likeness (QED) is 0.578. The Morgan fingerprint density at radius 1 is 0.943 bits per heavy atom. The number of para-hydroxylation sites is 2. The molecule has 5 rings (SSSR count). The molecule has 1 atom stereocenters. The topological polar surface area (TPSA) is 82.2 Å². The maximum absolute atomic E-state index is 13.5. The highest BCUT2D eigenvalue weighted by Gasteiger charge is 2.50. The third-order valence-corrected chi connectivity index (χ3v) is 6.95. The molecule has 2 fully saturated rings. The Labute approximate surface area is 204 Å². The van der Waals surface area contributed by atoms with E-state index < -0.39 is 17.5 Å². The molecule has 2 saturated heterocycles. The van der Waals surface area contributed by atoms with E-state index in [0.29, 0.717) is 31.7 Å². The number of rotatable bonds is 5. The second-order valence-corrected chi connectivity index (χ2v) is 9.01. The number of carbonyl (C=O) groups excluding carboxylic acids is 3. The molecule has 0 bridgehead atoms. The minimum Gasteiger partial charge on any atom is -0.495 e. The third-order valence-electron chi connectivity index (χ3n) is 6.95. The standard InChI is InChI=1S/C27H28N4O4/c1-27(21-11-7-9-19-8-3-4-10-20(19)21)25(33)31(26(34)28-27)18-24(32)30-16-14-29(15-17-30)22-12-5-6-13-23(22)35-2/h3-13H,14-18H2,1-2H3,(H,28,34)/t27-/m0/s1. The van der Waals surface area contributed by atoms with Gasteiger partial charge in [-0.05, 0) is 35.4 Å². The lowest BCUT2D eigenvalue weighted by atomic mass is 9.88. The fraction of sp³-hybridized carbons (Fsp3) is 0.296. The van der Waals surface area contributed by atoms with Crippen LogP contribution in [0, 0.1) is 0 Å². The van der Waals surface area contributed by atoms with Crippen molar-refractivity contribution in [3.8, 4) is 5.75 Å². The molecule has 180 valence electrons. The number of amides is 4. The molecule has 1 N–H and O–H groups in total. The van der Waals surface area contributed by atoms with Crippen molar-refractivity contribution in [2.45, 2.75) is 12.5 Å². The van der Waals surface area contributed by atoms with Gasteiger partial charge < -0.3 is 19.9 Å². The molecule has 35 heavy (non-hydrogen) atoms. The van der Waals surface area contributed by atoms with Gasteiger partial charge >= 0.3 is 6.03 Å². The summed E-state index contributed by atoms with van der Waals surface area (Å²) >= 11 is 0. The number of carbonyl (C=O) groups is 3. The number of methoxy groups -OCH3 is 1. The molecule has 3 aromatic carbocycles. The van der Waals surface area contributed by atoms with Crippen molar-refractivity contribution in [1.82, 2.24) is 15.1 Å². The molecule has 0 radical (unpaired) electrons. The fourth-order valence-corrected chi connectivity index (χ4v) is 5.01. The minimum absolute atomic E-state index is 0.240. The second kappa shape index (κ2) is 8.94. The predicted molar refractivity (Wildman–Crippen MR) is 133 cm³/mol. The van der Waals surface area contributed by atoms with Gasteiger partial charge in [-0.2, -0.15) is 0 Å². The SMILES string of the molecule is COc1ccccc1N1CCN(C(=O)CN2C(=O)N[C@@](C)(c3cccc4ccccc34)C2=O)CC1. The lowest BCUT2D eigenvalue weighted by molar-refractivity contribution is -0.139. The van der Waals surface area contributed by atoms with Gasteiger partial charge in [0.2, 0.25) is 5.91 Å². The fourth-order valence-electron chi connectivity index (χ4n) is 5.01. The first-order valence-electron chi connectivity index (χ1n) is 11.7. The molecule has 8 heteroatoms. The van der Waals surface area contributed by atoms with E-state index in [1.807, 2.05) is 66.7 Å². The van der Waals surface area contributed by atoms with Crippen molar-refractivity contribution >= 4 is 34.3 Å². The average Bonchev–Trinajstić information content (AvgIpc) is 3.11. The van der Waals surface area contributed by atoms with Gasteiger partial charge in [-0.1, -0.05) is 54.6 Å². The number of imide groups is 1. The molecule has 0 unspecified atom stereocenters. The van der Waals surface area contributed by atoms with E-state index in [-0.39, 0.29) is 12.5 Å². The van der Waals surface area contributed by atoms with Gasteiger partial charge in [0.25, 0.3) is 5.91 Å². The molecule has 4 amide bonds. The zero-order chi connectivity index (χ0) is 24.6. The number of urea groups is 1. The van der Waals surface area contributed by atoms with E-state index in [9.17, 15) is 14.4 Å². The summed E-state index contributed by atoms with van der Waals surface area (Å²) in [6.45, 7) is 3.70. The molecule has 3 aromatic rings. The summed E-state index contributed by atoms with van der Waals surface area (Å²) in [5.41, 5.74) is 0.470. The Balaban J connectivity index is 1.28. The Morgan fingerprint density at radius 2 is 1.63 bits per heavy atom. The highest BCUT2D eigenvalue weighted by Crippen LogP contribution is 2.34. The van der Waals surface area contributed by atoms with E-state index in [1.165, 1.54) is 0 Å². The summed E-state index contributed by atoms with van der Waals surface area (Å²) in [7, 11) is 1.64. The Hall–Kier alpha value is -4.07. The van der Waals surface area contributed by atoms with Crippen molar-refractivity contribution in [3.05, 3.63) is 72.3 Å². The van der Waals surface area contributed by atoms with Crippen LogP contribution < -0.4 is 15.0 Å². The maximum atomic E-state index is 13.5. The van der Waals surface area contributed by atoms with Crippen LogP contribution in [0.2, 0.25) is 0 Å². The number of anilines is 1. The second-order valence-electron chi connectivity index (χ2n) is 9.01. The third kappa shape index (κ3) is 3.95. The van der Waals surface area contributed by atoms with Crippen molar-refractivity contribution in [1.29, 1.82) is 0 Å². The summed E-state index contributed by atoms with van der Waals surface area (Å²) in [5, 5.41) is 4.71. The van der Waals surface area contributed by atoms with Gasteiger partial charge in [0.15, 0.2) is 0 Å². The summed E-state index contributed by atoms with van der Waals surface area (Å²) in [6.07, 6.45) is 0. The van der Waals surface area contributed by atoms with Crippen LogP contribution in [0.4, 0.5) is 10.5 Å². The highest BCUT2D eigenvalue weighted by molar-refractivity contribution is 6.10. The number of ether oxygens (including phenoxy) is 1. The summed E-state index contributed by atoms with van der Waals surface area (Å²) in [5.74, 6) is 0.134. The number of benzene rings is 3. The smallest absolute Gasteiger partial charge is 0.325 e. The van der Waals surface area contributed by atoms with Crippen LogP contribution in [-0.2, 0) is 15.1 Å². The molecule has 8 nitrogen and oxygen atoms in total. The molecular formula is C27H28N4O4. The van der Waals surface area contributed by atoms with Crippen LogP contribution in [-0.4, -0.2) is 67.5 Å². The van der Waals surface area contributed by atoms with Crippen LogP contribution in [0.25, 0.3) is 10.8 Å². The predicted octanol–water partition coefficient (Wildman–Crippen LogP) is 2.96. The molecule has 2 aliphatic rings. The number of fused-ring (bicyclic) bond motifs is 1. The van der Waals surface area contributed by atoms with Crippen LogP contribution in [0.5, 0.6) is 5.75 Å². The van der Waals surface area contributed by atoms with Gasteiger partial charge in [-0.15, -0.1) is 0 Å². The van der Waals surface area contributed by atoms with Gasteiger partial charge in [-0.25, -0.2) is 4.79 Å². The van der Waals surface area contributed by atoms with Crippen LogP contribution >= 0.6 is 0 Å². The van der Waals surface area contributed by atoms with Crippen LogP contribution in [0.1, 0.15) is 12.5 Å². The minimum atomic E-state index is -1.24. The highest BCUT2D eigenvalue weighted by atomic mass is 16.5. The van der Waals surface area contributed by atoms with E-state index in [2.05, 4.69) is 10.2 Å². The molecule has 0 aliphatic carbocycles. The van der Waals surface area contributed by atoms with Crippen LogP contribution in [0.3, 0.4) is 0 Å². The summed E-state index contributed by atoms with van der Waals surface area (Å²) in [4.78, 5) is 44.3. The van der Waals surface area contributed by atoms with Crippen molar-refractivity contribution in [3.63, 3.8) is 0 Å². The zero-order valence-electron chi connectivity index (χ0n) is 19.9. The Bertz CT molecular complexity index is 1300. The Kier molecular flexibility index (Phi) is 5.80. The molecule has 0 spiro atoms. The lowest BCUT2D eigenvalue weighted by Crippen LogP contribution is -2.52. The zero-order valence-corrected chi connectivity index (χ0v) is 19.9. The first kappa shape index (κ1) is 22.7. The number of hydrogen-bond acceptors (Lipinski definition) is 5. The van der Waals surface area contributed by atoms with Gasteiger partial charge in [0.1, 0.15) is 17.8 Å².